The zero-order valence-corrected chi connectivity index (χ0v) is 21.6. The largest absolute Gasteiger partial charge is 0.489 e. The van der Waals surface area contributed by atoms with Crippen molar-refractivity contribution in [1.29, 1.82) is 0 Å². The summed E-state index contributed by atoms with van der Waals surface area (Å²) in [5.41, 5.74) is 0. The molecular weight excluding hydrogens is 432 g/mol. The lowest BCUT2D eigenvalue weighted by atomic mass is 10.0. The van der Waals surface area contributed by atoms with Gasteiger partial charge in [-0.1, -0.05) is 119 Å². The molecule has 1 atom stereocenters. The smallest absolute Gasteiger partial charge is 0.303 e. The maximum absolute atomic E-state index is 10.5. The van der Waals surface area contributed by atoms with Crippen molar-refractivity contribution in [1.82, 2.24) is 0 Å². The van der Waals surface area contributed by atoms with Crippen molar-refractivity contribution >= 4 is 27.5 Å². The molecule has 0 saturated carbocycles. The van der Waals surface area contributed by atoms with Crippen LogP contribution in [0.4, 0.5) is 0 Å². The van der Waals surface area contributed by atoms with E-state index in [9.17, 15) is 4.79 Å². The van der Waals surface area contributed by atoms with E-state index < -0.39 is 5.97 Å². The zero-order valence-electron chi connectivity index (χ0n) is 21.6. The second kappa shape index (κ2) is 15.4. The fourth-order valence-electron chi connectivity index (χ4n) is 5.01. The number of hydrogen-bond acceptors (Lipinski definition) is 2. The van der Waals surface area contributed by atoms with Crippen LogP contribution in [0.1, 0.15) is 103 Å². The van der Waals surface area contributed by atoms with Crippen molar-refractivity contribution in [2.24, 2.45) is 0 Å². The molecule has 0 aliphatic rings. The summed E-state index contributed by atoms with van der Waals surface area (Å²) in [5.74, 6) is 0.369. The van der Waals surface area contributed by atoms with Gasteiger partial charge in [-0.3, -0.25) is 4.79 Å². The number of rotatable bonds is 18. The summed E-state index contributed by atoms with van der Waals surface area (Å²) < 4.78 is 6.54. The van der Waals surface area contributed by atoms with Crippen molar-refractivity contribution in [3.63, 3.8) is 0 Å². The van der Waals surface area contributed by atoms with Crippen molar-refractivity contribution in [2.45, 2.75) is 109 Å². The summed E-state index contributed by atoms with van der Waals surface area (Å²) in [4.78, 5) is 10.5. The first-order valence-corrected chi connectivity index (χ1v) is 13.9. The van der Waals surface area contributed by atoms with E-state index >= 15 is 0 Å². The van der Waals surface area contributed by atoms with Gasteiger partial charge in [0, 0.05) is 17.2 Å². The summed E-state index contributed by atoms with van der Waals surface area (Å²) >= 11 is 0. The van der Waals surface area contributed by atoms with Crippen molar-refractivity contribution in [3.8, 4) is 5.75 Å². The molecule has 0 unspecified atom stereocenters. The zero-order chi connectivity index (χ0) is 24.7. The Morgan fingerprint density at radius 3 is 1.60 bits per heavy atom. The van der Waals surface area contributed by atoms with E-state index in [1.54, 1.807) is 0 Å². The predicted octanol–water partition coefficient (Wildman–Crippen LogP) is 9.70. The van der Waals surface area contributed by atoms with E-state index in [2.05, 4.69) is 61.5 Å². The molecule has 0 aromatic heterocycles. The van der Waals surface area contributed by atoms with Crippen LogP contribution < -0.4 is 4.74 Å². The van der Waals surface area contributed by atoms with Crippen LogP contribution in [0.5, 0.6) is 5.75 Å². The molecule has 0 heterocycles. The standard InChI is InChI=1S/C32H44O3/c1-26(19-13-11-9-7-5-3-2-4-6-8-10-12-14-24-31(33)34)35-32-29-22-17-15-20-27(29)25-28-21-16-18-23-30(28)32/h15-18,20-23,25-26H,2-14,19,24H2,1H3,(H,33,34)/t26-/m0/s1. The van der Waals surface area contributed by atoms with Crippen molar-refractivity contribution in [2.75, 3.05) is 0 Å². The average Bonchev–Trinajstić information content (AvgIpc) is 2.86. The van der Waals surface area contributed by atoms with Gasteiger partial charge in [0.2, 0.25) is 0 Å². The molecule has 3 rings (SSSR count). The molecular formula is C32H44O3. The molecule has 0 amide bonds. The van der Waals surface area contributed by atoms with Gasteiger partial charge in [-0.25, -0.2) is 0 Å². The molecule has 190 valence electrons. The molecule has 0 spiro atoms. The number of carboxylic acids is 1. The van der Waals surface area contributed by atoms with Gasteiger partial charge in [-0.15, -0.1) is 0 Å². The molecule has 35 heavy (non-hydrogen) atoms. The molecule has 0 fully saturated rings. The van der Waals surface area contributed by atoms with Crippen LogP contribution in [0.3, 0.4) is 0 Å². The lowest BCUT2D eigenvalue weighted by molar-refractivity contribution is -0.137. The molecule has 0 aliphatic heterocycles. The maximum Gasteiger partial charge on any atom is 0.303 e. The Balaban J connectivity index is 1.25. The van der Waals surface area contributed by atoms with Crippen molar-refractivity contribution in [3.05, 3.63) is 54.6 Å². The van der Waals surface area contributed by atoms with Crippen LogP contribution in [-0.2, 0) is 4.79 Å². The molecule has 0 aliphatic carbocycles. The third kappa shape index (κ3) is 9.55. The Bertz CT molecular complexity index is 972. The minimum atomic E-state index is -0.664. The summed E-state index contributed by atoms with van der Waals surface area (Å²) in [6, 6.07) is 19.3. The second-order valence-corrected chi connectivity index (χ2v) is 10.1. The van der Waals surface area contributed by atoms with E-state index in [1.807, 2.05) is 0 Å². The fraction of sp³-hybridized carbons (Fsp3) is 0.531. The highest BCUT2D eigenvalue weighted by Crippen LogP contribution is 2.35. The minimum absolute atomic E-state index is 0.216. The van der Waals surface area contributed by atoms with Crippen LogP contribution in [0.15, 0.2) is 54.6 Å². The molecule has 0 radical (unpaired) electrons. The third-order valence-corrected chi connectivity index (χ3v) is 7.04. The van der Waals surface area contributed by atoms with Gasteiger partial charge in [-0.2, -0.15) is 0 Å². The highest BCUT2D eigenvalue weighted by Gasteiger charge is 2.12. The highest BCUT2D eigenvalue weighted by molar-refractivity contribution is 6.05. The van der Waals surface area contributed by atoms with Gasteiger partial charge < -0.3 is 9.84 Å². The van der Waals surface area contributed by atoms with E-state index in [0.29, 0.717) is 6.42 Å². The third-order valence-electron chi connectivity index (χ3n) is 7.04. The predicted molar refractivity (Wildman–Crippen MR) is 148 cm³/mol. The molecule has 0 saturated heterocycles. The molecule has 1 N–H and O–H groups in total. The minimum Gasteiger partial charge on any atom is -0.489 e. The number of carbonyl (C=O) groups is 1. The monoisotopic (exact) mass is 476 g/mol. The number of hydrogen-bond donors (Lipinski definition) is 1. The van der Waals surface area contributed by atoms with Gasteiger partial charge in [0.15, 0.2) is 0 Å². The van der Waals surface area contributed by atoms with Gasteiger partial charge in [0.1, 0.15) is 5.75 Å². The first-order chi connectivity index (χ1) is 17.1. The van der Waals surface area contributed by atoms with Crippen LogP contribution in [-0.4, -0.2) is 17.2 Å². The van der Waals surface area contributed by atoms with Crippen LogP contribution in [0.2, 0.25) is 0 Å². The number of unbranched alkanes of at least 4 members (excludes halogenated alkanes) is 12. The molecule has 3 nitrogen and oxygen atoms in total. The van der Waals surface area contributed by atoms with Crippen molar-refractivity contribution < 1.29 is 14.6 Å². The van der Waals surface area contributed by atoms with Gasteiger partial charge >= 0.3 is 5.97 Å². The number of carboxylic acid groups (broad SMARTS) is 1. The summed E-state index contributed by atoms with van der Waals surface area (Å²) in [5, 5.41) is 13.5. The quantitative estimate of drug-likeness (QED) is 0.147. The number of fused-ring (bicyclic) bond motifs is 2. The average molecular weight is 477 g/mol. The Morgan fingerprint density at radius 1 is 0.686 bits per heavy atom. The SMILES string of the molecule is C[C@@H](CCCCCCCCCCCCCCCC(=O)O)Oc1c2ccccc2cc2ccccc12. The van der Waals surface area contributed by atoms with Gasteiger partial charge in [-0.05, 0) is 43.0 Å². The summed E-state index contributed by atoms with van der Waals surface area (Å²) in [7, 11) is 0. The Kier molecular flexibility index (Phi) is 11.9. The number of ether oxygens (including phenoxy) is 1. The van der Waals surface area contributed by atoms with Crippen LogP contribution >= 0.6 is 0 Å². The highest BCUT2D eigenvalue weighted by atomic mass is 16.5. The molecule has 0 bridgehead atoms. The van der Waals surface area contributed by atoms with Gasteiger partial charge in [0.25, 0.3) is 0 Å². The Labute approximate surface area is 211 Å². The van der Waals surface area contributed by atoms with E-state index in [4.69, 9.17) is 9.84 Å². The normalized spacial score (nSPS) is 12.3. The lowest BCUT2D eigenvalue weighted by Gasteiger charge is -2.18. The number of benzene rings is 3. The summed E-state index contributed by atoms with van der Waals surface area (Å²) in [6.45, 7) is 2.21. The van der Waals surface area contributed by atoms with Crippen LogP contribution in [0, 0.1) is 0 Å². The second-order valence-electron chi connectivity index (χ2n) is 10.1. The Morgan fingerprint density at radius 2 is 1.11 bits per heavy atom. The fourth-order valence-corrected chi connectivity index (χ4v) is 5.01. The summed E-state index contributed by atoms with van der Waals surface area (Å²) in [6.07, 6.45) is 17.9. The van der Waals surface area contributed by atoms with E-state index in [-0.39, 0.29) is 6.10 Å². The van der Waals surface area contributed by atoms with Gasteiger partial charge in [0.05, 0.1) is 6.10 Å². The number of aliphatic carboxylic acids is 1. The maximum atomic E-state index is 10.5. The van der Waals surface area contributed by atoms with E-state index in [0.717, 1.165) is 25.0 Å². The topological polar surface area (TPSA) is 46.5 Å². The van der Waals surface area contributed by atoms with E-state index in [1.165, 1.54) is 92.2 Å². The molecule has 3 heteroatoms. The molecule has 3 aromatic carbocycles. The lowest BCUT2D eigenvalue weighted by Crippen LogP contribution is -2.12. The van der Waals surface area contributed by atoms with Crippen LogP contribution in [0.25, 0.3) is 21.5 Å². The first-order valence-electron chi connectivity index (χ1n) is 13.9. The Hall–Kier alpha value is -2.55. The first kappa shape index (κ1) is 27.0. The molecule has 3 aromatic rings.